The van der Waals surface area contributed by atoms with E-state index in [4.69, 9.17) is 11.6 Å². The Morgan fingerprint density at radius 3 is 2.61 bits per heavy atom. The van der Waals surface area contributed by atoms with Crippen LogP contribution in [0.3, 0.4) is 0 Å². The number of nitrogens with one attached hydrogen (secondary N) is 1. The maximum Gasteiger partial charge on any atom is 0.287 e. The number of hydrogen-bond acceptors (Lipinski definition) is 3. The van der Waals surface area contributed by atoms with Gasteiger partial charge in [-0.15, -0.1) is 0 Å². The van der Waals surface area contributed by atoms with E-state index in [9.17, 15) is 4.79 Å². The highest BCUT2D eigenvalue weighted by Gasteiger charge is 2.20. The molecule has 1 aromatic rings. The van der Waals surface area contributed by atoms with Crippen LogP contribution in [0.15, 0.2) is 11.0 Å². The maximum atomic E-state index is 11.8. The van der Waals surface area contributed by atoms with Gasteiger partial charge in [0.15, 0.2) is 0 Å². The van der Waals surface area contributed by atoms with E-state index < -0.39 is 0 Å². The monoisotopic (exact) mass is 271 g/mol. The van der Waals surface area contributed by atoms with E-state index in [1.807, 2.05) is 6.92 Å². The standard InChI is InChI=1S/C13H22ClN3O/c1-6-17-12(18)11(14)10(8-16-17)15-7-9(2)13(3,4)5/h8-9,15H,6-7H2,1-5H3. The van der Waals surface area contributed by atoms with Gasteiger partial charge in [-0.1, -0.05) is 39.3 Å². The first-order chi connectivity index (χ1) is 8.27. The first-order valence-corrected chi connectivity index (χ1v) is 6.64. The van der Waals surface area contributed by atoms with E-state index >= 15 is 0 Å². The molecule has 1 rings (SSSR count). The quantitative estimate of drug-likeness (QED) is 0.916. The average Bonchev–Trinajstić information content (AvgIpc) is 2.29. The molecule has 18 heavy (non-hydrogen) atoms. The number of aromatic nitrogens is 2. The third-order valence-corrected chi connectivity index (χ3v) is 3.73. The van der Waals surface area contributed by atoms with Crippen LogP contribution in [0.4, 0.5) is 5.69 Å². The molecule has 0 radical (unpaired) electrons. The third-order valence-electron chi connectivity index (χ3n) is 3.36. The molecule has 1 heterocycles. The van der Waals surface area contributed by atoms with E-state index in [2.05, 4.69) is 38.1 Å². The molecule has 0 aliphatic carbocycles. The highest BCUT2D eigenvalue weighted by atomic mass is 35.5. The van der Waals surface area contributed by atoms with Gasteiger partial charge in [0.2, 0.25) is 0 Å². The Kier molecular flexibility index (Phi) is 4.79. The molecule has 0 aromatic carbocycles. The van der Waals surface area contributed by atoms with Gasteiger partial charge >= 0.3 is 0 Å². The molecule has 0 bridgehead atoms. The molecule has 0 saturated carbocycles. The molecule has 0 spiro atoms. The van der Waals surface area contributed by atoms with Crippen molar-refractivity contribution in [3.8, 4) is 0 Å². The molecular weight excluding hydrogens is 250 g/mol. The zero-order chi connectivity index (χ0) is 13.9. The number of rotatable bonds is 4. The first-order valence-electron chi connectivity index (χ1n) is 6.26. The molecule has 0 aliphatic heterocycles. The predicted molar refractivity (Wildman–Crippen MR) is 76.3 cm³/mol. The van der Waals surface area contributed by atoms with Gasteiger partial charge in [-0.05, 0) is 18.3 Å². The minimum Gasteiger partial charge on any atom is -0.382 e. The molecule has 1 unspecified atom stereocenters. The van der Waals surface area contributed by atoms with Gasteiger partial charge in [-0.2, -0.15) is 5.10 Å². The summed E-state index contributed by atoms with van der Waals surface area (Å²) in [5, 5.41) is 7.47. The Labute approximate surface area is 113 Å². The van der Waals surface area contributed by atoms with Crippen LogP contribution in [-0.4, -0.2) is 16.3 Å². The Hall–Kier alpha value is -1.03. The minimum absolute atomic E-state index is 0.214. The van der Waals surface area contributed by atoms with Gasteiger partial charge in [-0.3, -0.25) is 4.79 Å². The number of halogens is 1. The summed E-state index contributed by atoms with van der Waals surface area (Å²) in [7, 11) is 0. The summed E-state index contributed by atoms with van der Waals surface area (Å²) in [4.78, 5) is 11.8. The molecule has 0 saturated heterocycles. The van der Waals surface area contributed by atoms with Crippen LogP contribution in [0.5, 0.6) is 0 Å². The van der Waals surface area contributed by atoms with Crippen molar-refractivity contribution >= 4 is 17.3 Å². The molecule has 0 aliphatic rings. The van der Waals surface area contributed by atoms with Crippen molar-refractivity contribution in [2.45, 2.75) is 41.2 Å². The van der Waals surface area contributed by atoms with Crippen molar-refractivity contribution in [1.82, 2.24) is 9.78 Å². The zero-order valence-electron chi connectivity index (χ0n) is 11.7. The van der Waals surface area contributed by atoms with E-state index in [0.29, 0.717) is 18.2 Å². The highest BCUT2D eigenvalue weighted by molar-refractivity contribution is 6.32. The lowest BCUT2D eigenvalue weighted by Gasteiger charge is -2.27. The Balaban J connectivity index is 2.81. The summed E-state index contributed by atoms with van der Waals surface area (Å²) in [6.07, 6.45) is 1.61. The summed E-state index contributed by atoms with van der Waals surface area (Å²) in [5.74, 6) is 0.460. The molecule has 102 valence electrons. The van der Waals surface area contributed by atoms with Crippen molar-refractivity contribution in [2.24, 2.45) is 11.3 Å². The summed E-state index contributed by atoms with van der Waals surface area (Å²) < 4.78 is 1.35. The highest BCUT2D eigenvalue weighted by Crippen LogP contribution is 2.26. The normalized spacial score (nSPS) is 13.4. The minimum atomic E-state index is -0.243. The lowest BCUT2D eigenvalue weighted by molar-refractivity contribution is 0.274. The summed E-state index contributed by atoms with van der Waals surface area (Å²) in [6.45, 7) is 11.9. The van der Waals surface area contributed by atoms with Crippen molar-refractivity contribution in [3.05, 3.63) is 21.6 Å². The lowest BCUT2D eigenvalue weighted by Crippen LogP contribution is -2.27. The fourth-order valence-corrected chi connectivity index (χ4v) is 1.60. The fraction of sp³-hybridized carbons (Fsp3) is 0.692. The van der Waals surface area contributed by atoms with Gasteiger partial charge in [0, 0.05) is 13.1 Å². The fourth-order valence-electron chi connectivity index (χ4n) is 1.38. The molecule has 0 amide bonds. The second kappa shape index (κ2) is 5.74. The molecule has 1 atom stereocenters. The Bertz CT molecular complexity index is 462. The van der Waals surface area contributed by atoms with E-state index in [0.717, 1.165) is 6.54 Å². The summed E-state index contributed by atoms with van der Waals surface area (Å²) in [6, 6.07) is 0. The van der Waals surface area contributed by atoms with Crippen molar-refractivity contribution < 1.29 is 0 Å². The largest absolute Gasteiger partial charge is 0.382 e. The molecule has 1 N–H and O–H groups in total. The van der Waals surface area contributed by atoms with Gasteiger partial charge in [0.25, 0.3) is 5.56 Å². The van der Waals surface area contributed by atoms with Crippen LogP contribution in [0, 0.1) is 11.3 Å². The van der Waals surface area contributed by atoms with Gasteiger partial charge in [-0.25, -0.2) is 4.68 Å². The second-order valence-corrected chi connectivity index (χ2v) is 6.02. The lowest BCUT2D eigenvalue weighted by atomic mass is 9.82. The Morgan fingerprint density at radius 2 is 2.11 bits per heavy atom. The van der Waals surface area contributed by atoms with Crippen LogP contribution >= 0.6 is 11.6 Å². The molecule has 1 aromatic heterocycles. The predicted octanol–water partition coefficient (Wildman–Crippen LogP) is 3.01. The van der Waals surface area contributed by atoms with Crippen LogP contribution in [0.25, 0.3) is 0 Å². The molecule has 4 nitrogen and oxygen atoms in total. The second-order valence-electron chi connectivity index (χ2n) is 5.64. The van der Waals surface area contributed by atoms with Crippen molar-refractivity contribution in [1.29, 1.82) is 0 Å². The smallest absolute Gasteiger partial charge is 0.287 e. The average molecular weight is 272 g/mol. The summed E-state index contributed by atoms with van der Waals surface area (Å²) >= 11 is 6.04. The van der Waals surface area contributed by atoms with Crippen LogP contribution in [0.1, 0.15) is 34.6 Å². The topological polar surface area (TPSA) is 46.9 Å². The van der Waals surface area contributed by atoms with E-state index in [1.165, 1.54) is 4.68 Å². The van der Waals surface area contributed by atoms with Crippen LogP contribution < -0.4 is 10.9 Å². The number of anilines is 1. The zero-order valence-corrected chi connectivity index (χ0v) is 12.5. The number of hydrogen-bond donors (Lipinski definition) is 1. The Morgan fingerprint density at radius 1 is 1.50 bits per heavy atom. The van der Waals surface area contributed by atoms with Crippen molar-refractivity contribution in [2.75, 3.05) is 11.9 Å². The SMILES string of the molecule is CCn1ncc(NCC(C)C(C)(C)C)c(Cl)c1=O. The van der Waals surface area contributed by atoms with Crippen LogP contribution in [-0.2, 0) is 6.54 Å². The summed E-state index contributed by atoms with van der Waals surface area (Å²) in [5.41, 5.74) is 0.584. The first kappa shape index (κ1) is 15.0. The van der Waals surface area contributed by atoms with Crippen LogP contribution in [0.2, 0.25) is 5.02 Å². The number of nitrogens with zero attached hydrogens (tertiary/aromatic N) is 2. The molecule has 5 heteroatoms. The molecule has 0 fully saturated rings. The maximum absolute atomic E-state index is 11.8. The molecular formula is C13H22ClN3O. The van der Waals surface area contributed by atoms with Crippen molar-refractivity contribution in [3.63, 3.8) is 0 Å². The number of aryl methyl sites for hydroxylation is 1. The van der Waals surface area contributed by atoms with Gasteiger partial charge in [0.1, 0.15) is 5.02 Å². The van der Waals surface area contributed by atoms with Gasteiger partial charge in [0.05, 0.1) is 11.9 Å². The third kappa shape index (κ3) is 3.48. The van der Waals surface area contributed by atoms with E-state index in [1.54, 1.807) is 6.20 Å². The van der Waals surface area contributed by atoms with Gasteiger partial charge < -0.3 is 5.32 Å². The van der Waals surface area contributed by atoms with E-state index in [-0.39, 0.29) is 16.0 Å².